The Labute approximate surface area is 162 Å². The summed E-state index contributed by atoms with van der Waals surface area (Å²) in [5.74, 6) is 0.381. The van der Waals surface area contributed by atoms with Gasteiger partial charge in [0.1, 0.15) is 12.4 Å². The van der Waals surface area contributed by atoms with E-state index in [9.17, 15) is 9.59 Å². The third-order valence-corrected chi connectivity index (χ3v) is 4.64. The number of thiophene rings is 1. The zero-order valence-electron chi connectivity index (χ0n) is 14.9. The van der Waals surface area contributed by atoms with E-state index in [0.29, 0.717) is 29.3 Å². The van der Waals surface area contributed by atoms with Crippen molar-refractivity contribution in [3.8, 4) is 5.75 Å². The molecule has 0 fully saturated rings. The number of amides is 2. The molecule has 0 saturated carbocycles. The molecule has 5 nitrogen and oxygen atoms in total. The Balaban J connectivity index is 1.50. The lowest BCUT2D eigenvalue weighted by Gasteiger charge is -2.09. The number of carbonyl (C=O) groups excluding carboxylic acids is 2. The van der Waals surface area contributed by atoms with Crippen LogP contribution in [0.1, 0.15) is 25.6 Å². The van der Waals surface area contributed by atoms with E-state index in [4.69, 9.17) is 4.74 Å². The average molecular weight is 380 g/mol. The summed E-state index contributed by atoms with van der Waals surface area (Å²) in [7, 11) is 0. The van der Waals surface area contributed by atoms with Crippen LogP contribution in [0.4, 0.5) is 5.69 Å². The van der Waals surface area contributed by atoms with E-state index in [0.717, 1.165) is 11.3 Å². The van der Waals surface area contributed by atoms with Crippen molar-refractivity contribution in [2.24, 2.45) is 0 Å². The van der Waals surface area contributed by atoms with Gasteiger partial charge in [0.25, 0.3) is 11.8 Å². The molecule has 0 radical (unpaired) electrons. The fourth-order valence-electron chi connectivity index (χ4n) is 2.48. The number of hydrogen-bond acceptors (Lipinski definition) is 4. The molecule has 1 heterocycles. The zero-order valence-corrected chi connectivity index (χ0v) is 15.7. The van der Waals surface area contributed by atoms with Gasteiger partial charge in [-0.2, -0.15) is 0 Å². The van der Waals surface area contributed by atoms with E-state index < -0.39 is 0 Å². The predicted octanol–water partition coefficient (Wildman–Crippen LogP) is 4.12. The number of rotatable bonds is 7. The highest BCUT2D eigenvalue weighted by Crippen LogP contribution is 2.15. The third-order valence-electron chi connectivity index (χ3n) is 3.77. The van der Waals surface area contributed by atoms with Crippen LogP contribution in [0.2, 0.25) is 0 Å². The van der Waals surface area contributed by atoms with Crippen LogP contribution in [0.15, 0.2) is 66.0 Å². The topological polar surface area (TPSA) is 67.4 Å². The van der Waals surface area contributed by atoms with Crippen LogP contribution in [-0.4, -0.2) is 25.0 Å². The first-order chi connectivity index (χ1) is 13.1. The van der Waals surface area contributed by atoms with E-state index in [2.05, 4.69) is 10.6 Å². The van der Waals surface area contributed by atoms with Crippen LogP contribution in [0, 0.1) is 6.92 Å². The van der Waals surface area contributed by atoms with Crippen molar-refractivity contribution in [1.29, 1.82) is 0 Å². The monoisotopic (exact) mass is 380 g/mol. The molecule has 0 atom stereocenters. The molecule has 0 spiro atoms. The molecule has 27 heavy (non-hydrogen) atoms. The van der Waals surface area contributed by atoms with Crippen molar-refractivity contribution in [2.75, 3.05) is 18.5 Å². The van der Waals surface area contributed by atoms with E-state index in [-0.39, 0.29) is 11.8 Å². The second-order valence-electron chi connectivity index (χ2n) is 5.93. The maximum atomic E-state index is 12.3. The Morgan fingerprint density at radius 3 is 2.63 bits per heavy atom. The Kier molecular flexibility index (Phi) is 6.22. The lowest BCUT2D eigenvalue weighted by Crippen LogP contribution is -2.28. The lowest BCUT2D eigenvalue weighted by atomic mass is 10.2. The first-order valence-corrected chi connectivity index (χ1v) is 9.42. The van der Waals surface area contributed by atoms with Crippen LogP contribution < -0.4 is 15.4 Å². The second kappa shape index (κ2) is 9.00. The minimum Gasteiger partial charge on any atom is -0.492 e. The first kappa shape index (κ1) is 18.7. The van der Waals surface area contributed by atoms with Gasteiger partial charge in [0.05, 0.1) is 11.4 Å². The van der Waals surface area contributed by atoms with Gasteiger partial charge in [-0.3, -0.25) is 9.59 Å². The molecule has 1 aromatic heterocycles. The number of nitrogens with one attached hydrogen (secondary N) is 2. The van der Waals surface area contributed by atoms with Crippen LogP contribution in [0.25, 0.3) is 0 Å². The standard InChI is InChI=1S/C21H20N2O3S/c1-15-5-2-8-18(13-15)26-11-10-22-20(24)16-6-3-7-17(14-16)23-21(25)19-9-4-12-27-19/h2-9,12-14H,10-11H2,1H3,(H,22,24)(H,23,25). The van der Waals surface area contributed by atoms with Gasteiger partial charge >= 0.3 is 0 Å². The van der Waals surface area contributed by atoms with Gasteiger partial charge < -0.3 is 15.4 Å². The van der Waals surface area contributed by atoms with E-state index in [1.165, 1.54) is 11.3 Å². The number of anilines is 1. The maximum Gasteiger partial charge on any atom is 0.265 e. The minimum atomic E-state index is -0.213. The summed E-state index contributed by atoms with van der Waals surface area (Å²) < 4.78 is 5.62. The van der Waals surface area contributed by atoms with E-state index >= 15 is 0 Å². The fourth-order valence-corrected chi connectivity index (χ4v) is 3.10. The molecule has 2 amide bonds. The average Bonchev–Trinajstić information content (AvgIpc) is 3.20. The molecule has 3 aromatic rings. The molecule has 2 N–H and O–H groups in total. The summed E-state index contributed by atoms with van der Waals surface area (Å²) in [6.07, 6.45) is 0. The van der Waals surface area contributed by atoms with Gasteiger partial charge in [-0.05, 0) is 54.3 Å². The summed E-state index contributed by atoms with van der Waals surface area (Å²) in [4.78, 5) is 25.0. The molecule has 3 rings (SSSR count). The summed E-state index contributed by atoms with van der Waals surface area (Å²) in [6.45, 7) is 2.77. The molecule has 6 heteroatoms. The lowest BCUT2D eigenvalue weighted by molar-refractivity contribution is 0.0945. The Morgan fingerprint density at radius 2 is 1.85 bits per heavy atom. The molecule has 0 saturated heterocycles. The number of ether oxygens (including phenoxy) is 1. The second-order valence-corrected chi connectivity index (χ2v) is 6.88. The summed E-state index contributed by atoms with van der Waals surface area (Å²) in [5, 5.41) is 7.46. The van der Waals surface area contributed by atoms with Crippen molar-refractivity contribution in [1.82, 2.24) is 5.32 Å². The molecule has 0 aliphatic rings. The van der Waals surface area contributed by atoms with Crippen molar-refractivity contribution in [3.05, 3.63) is 82.0 Å². The van der Waals surface area contributed by atoms with Gasteiger partial charge in [-0.25, -0.2) is 0 Å². The number of carbonyl (C=O) groups is 2. The normalized spacial score (nSPS) is 10.3. The number of benzene rings is 2. The highest BCUT2D eigenvalue weighted by atomic mass is 32.1. The van der Waals surface area contributed by atoms with E-state index in [1.54, 1.807) is 30.3 Å². The maximum absolute atomic E-state index is 12.3. The summed E-state index contributed by atoms with van der Waals surface area (Å²) in [6, 6.07) is 18.2. The van der Waals surface area contributed by atoms with Gasteiger partial charge in [0.2, 0.25) is 0 Å². The van der Waals surface area contributed by atoms with Crippen molar-refractivity contribution < 1.29 is 14.3 Å². The largest absolute Gasteiger partial charge is 0.492 e. The van der Waals surface area contributed by atoms with E-state index in [1.807, 2.05) is 42.6 Å². The Morgan fingerprint density at radius 1 is 1.00 bits per heavy atom. The quantitative estimate of drug-likeness (QED) is 0.606. The van der Waals surface area contributed by atoms with Crippen LogP contribution in [-0.2, 0) is 0 Å². The summed E-state index contributed by atoms with van der Waals surface area (Å²) >= 11 is 1.37. The highest BCUT2D eigenvalue weighted by molar-refractivity contribution is 7.12. The molecule has 138 valence electrons. The van der Waals surface area contributed by atoms with Crippen molar-refractivity contribution in [3.63, 3.8) is 0 Å². The molecular weight excluding hydrogens is 360 g/mol. The molecule has 0 unspecified atom stereocenters. The highest BCUT2D eigenvalue weighted by Gasteiger charge is 2.09. The molecule has 0 aliphatic heterocycles. The van der Waals surface area contributed by atoms with Gasteiger partial charge in [-0.15, -0.1) is 11.3 Å². The molecular formula is C21H20N2O3S. The number of hydrogen-bond donors (Lipinski definition) is 2. The van der Waals surface area contributed by atoms with Gasteiger partial charge in [0, 0.05) is 11.3 Å². The van der Waals surface area contributed by atoms with Crippen LogP contribution in [0.5, 0.6) is 5.75 Å². The minimum absolute atomic E-state index is 0.186. The van der Waals surface area contributed by atoms with Crippen molar-refractivity contribution in [2.45, 2.75) is 6.92 Å². The molecule has 0 bridgehead atoms. The van der Waals surface area contributed by atoms with Crippen LogP contribution >= 0.6 is 11.3 Å². The Hall–Kier alpha value is -3.12. The third kappa shape index (κ3) is 5.43. The molecule has 2 aromatic carbocycles. The number of aryl methyl sites for hydroxylation is 1. The predicted molar refractivity (Wildman–Crippen MR) is 108 cm³/mol. The van der Waals surface area contributed by atoms with Gasteiger partial charge in [-0.1, -0.05) is 24.3 Å². The van der Waals surface area contributed by atoms with Crippen LogP contribution in [0.3, 0.4) is 0 Å². The SMILES string of the molecule is Cc1cccc(OCCNC(=O)c2cccc(NC(=O)c3cccs3)c2)c1. The first-order valence-electron chi connectivity index (χ1n) is 8.54. The van der Waals surface area contributed by atoms with Crippen molar-refractivity contribution >= 4 is 28.8 Å². The smallest absolute Gasteiger partial charge is 0.265 e. The fraction of sp³-hybridized carbons (Fsp3) is 0.143. The van der Waals surface area contributed by atoms with Gasteiger partial charge in [0.15, 0.2) is 0 Å². The molecule has 0 aliphatic carbocycles. The Bertz CT molecular complexity index is 923. The summed E-state index contributed by atoms with van der Waals surface area (Å²) in [5.41, 5.74) is 2.18. The zero-order chi connectivity index (χ0) is 19.1.